The fraction of sp³-hybridized carbons (Fsp3) is 0.438. The molecule has 0 saturated heterocycles. The Kier molecular flexibility index (Phi) is 6.61. The highest BCUT2D eigenvalue weighted by Gasteiger charge is 2.08. The number of benzene rings is 1. The Morgan fingerprint density at radius 3 is 2.85 bits per heavy atom. The van der Waals surface area contributed by atoms with Gasteiger partial charge in [0.2, 0.25) is 0 Å². The average Bonchev–Trinajstić information content (AvgIpc) is 2.43. The number of amides is 1. The molecule has 0 heterocycles. The van der Waals surface area contributed by atoms with E-state index in [1.165, 1.54) is 5.56 Å². The van der Waals surface area contributed by atoms with Gasteiger partial charge in [-0.25, -0.2) is 0 Å². The Labute approximate surface area is 120 Å². The lowest BCUT2D eigenvalue weighted by Crippen LogP contribution is -2.29. The predicted octanol–water partition coefficient (Wildman–Crippen LogP) is 1.79. The first-order valence-corrected chi connectivity index (χ1v) is 6.75. The summed E-state index contributed by atoms with van der Waals surface area (Å²) >= 11 is 0. The lowest BCUT2D eigenvalue weighted by atomic mass is 10.1. The summed E-state index contributed by atoms with van der Waals surface area (Å²) in [6.07, 6.45) is 5.07. The first kappa shape index (κ1) is 16.1. The smallest absolute Gasteiger partial charge is 0.258 e. The third-order valence-corrected chi connectivity index (χ3v) is 2.96. The normalized spacial score (nSPS) is 11.5. The van der Waals surface area contributed by atoms with E-state index in [4.69, 9.17) is 11.2 Å². The lowest BCUT2D eigenvalue weighted by Gasteiger charge is -2.15. The molecule has 0 aliphatic rings. The van der Waals surface area contributed by atoms with Crippen LogP contribution >= 0.6 is 0 Å². The maximum atomic E-state index is 11.4. The first-order valence-electron chi connectivity index (χ1n) is 6.75. The van der Waals surface area contributed by atoms with Crippen molar-refractivity contribution in [2.45, 2.75) is 26.8 Å². The van der Waals surface area contributed by atoms with E-state index >= 15 is 0 Å². The summed E-state index contributed by atoms with van der Waals surface area (Å²) in [5.41, 5.74) is 2.21. The van der Waals surface area contributed by atoms with Crippen LogP contribution in [0.15, 0.2) is 18.2 Å². The van der Waals surface area contributed by atoms with Crippen LogP contribution in [0, 0.1) is 19.3 Å². The third kappa shape index (κ3) is 4.94. The molecule has 1 amide bonds. The van der Waals surface area contributed by atoms with Crippen LogP contribution in [-0.4, -0.2) is 25.6 Å². The van der Waals surface area contributed by atoms with E-state index in [-0.39, 0.29) is 19.1 Å². The predicted molar refractivity (Wildman–Crippen MR) is 80.6 cm³/mol. The minimum Gasteiger partial charge on any atom is -0.484 e. The van der Waals surface area contributed by atoms with E-state index in [0.717, 1.165) is 12.1 Å². The maximum absolute atomic E-state index is 11.4. The van der Waals surface area contributed by atoms with Crippen LogP contribution in [0.25, 0.3) is 0 Å². The molecule has 0 aliphatic heterocycles. The molecule has 4 nitrogen and oxygen atoms in total. The Bertz CT molecular complexity index is 492. The molecule has 0 spiro atoms. The van der Waals surface area contributed by atoms with E-state index in [0.29, 0.717) is 11.8 Å². The summed E-state index contributed by atoms with van der Waals surface area (Å²) in [6.45, 7) is 7.29. The SMILES string of the molecule is C#CCNC(=O)COc1ccc(C(C)NCC)cc1C. The van der Waals surface area contributed by atoms with Gasteiger partial charge >= 0.3 is 0 Å². The van der Waals surface area contributed by atoms with E-state index in [2.05, 4.69) is 36.5 Å². The van der Waals surface area contributed by atoms with Crippen molar-refractivity contribution < 1.29 is 9.53 Å². The molecule has 1 atom stereocenters. The summed E-state index contributed by atoms with van der Waals surface area (Å²) in [5, 5.41) is 5.92. The molecule has 4 heteroatoms. The Hall–Kier alpha value is -1.99. The van der Waals surface area contributed by atoms with Gasteiger partial charge in [-0.2, -0.15) is 0 Å². The zero-order valence-corrected chi connectivity index (χ0v) is 12.3. The molecule has 1 aromatic rings. The molecule has 108 valence electrons. The number of carbonyl (C=O) groups excluding carboxylic acids is 1. The van der Waals surface area contributed by atoms with Crippen LogP contribution in [-0.2, 0) is 4.79 Å². The number of hydrogen-bond donors (Lipinski definition) is 2. The number of rotatable bonds is 7. The molecule has 20 heavy (non-hydrogen) atoms. The largest absolute Gasteiger partial charge is 0.484 e. The molecule has 0 saturated carbocycles. The van der Waals surface area contributed by atoms with Gasteiger partial charge in [-0.1, -0.05) is 25.0 Å². The zero-order chi connectivity index (χ0) is 15.0. The van der Waals surface area contributed by atoms with Gasteiger partial charge in [-0.3, -0.25) is 4.79 Å². The van der Waals surface area contributed by atoms with Crippen molar-refractivity contribution in [1.82, 2.24) is 10.6 Å². The third-order valence-electron chi connectivity index (χ3n) is 2.96. The summed E-state index contributed by atoms with van der Waals surface area (Å²) in [4.78, 5) is 11.4. The van der Waals surface area contributed by atoms with E-state index < -0.39 is 0 Å². The fourth-order valence-corrected chi connectivity index (χ4v) is 1.87. The highest BCUT2D eigenvalue weighted by molar-refractivity contribution is 5.77. The van der Waals surface area contributed by atoms with Crippen molar-refractivity contribution in [1.29, 1.82) is 0 Å². The Morgan fingerprint density at radius 1 is 1.50 bits per heavy atom. The van der Waals surface area contributed by atoms with Gasteiger partial charge in [-0.15, -0.1) is 6.42 Å². The summed E-state index contributed by atoms with van der Waals surface area (Å²) in [5.74, 6) is 2.85. The summed E-state index contributed by atoms with van der Waals surface area (Å²) in [7, 11) is 0. The molecule has 1 rings (SSSR count). The van der Waals surface area contributed by atoms with Crippen molar-refractivity contribution in [3.63, 3.8) is 0 Å². The van der Waals surface area contributed by atoms with Crippen LogP contribution in [0.4, 0.5) is 0 Å². The zero-order valence-electron chi connectivity index (χ0n) is 12.3. The van der Waals surface area contributed by atoms with E-state index in [1.807, 2.05) is 19.1 Å². The summed E-state index contributed by atoms with van der Waals surface area (Å²) < 4.78 is 5.49. The minimum absolute atomic E-state index is 0.0232. The average molecular weight is 274 g/mol. The van der Waals surface area contributed by atoms with Crippen molar-refractivity contribution >= 4 is 5.91 Å². The molecule has 0 bridgehead atoms. The molecule has 0 radical (unpaired) electrons. The molecular weight excluding hydrogens is 252 g/mol. The van der Waals surface area contributed by atoms with Crippen molar-refractivity contribution in [3.05, 3.63) is 29.3 Å². The van der Waals surface area contributed by atoms with Crippen LogP contribution in [0.1, 0.15) is 31.0 Å². The number of carbonyl (C=O) groups is 1. The number of ether oxygens (including phenoxy) is 1. The Balaban J connectivity index is 2.60. The standard InChI is InChI=1S/C16H22N2O2/c1-5-9-18-16(19)11-20-15-8-7-14(10-12(15)3)13(4)17-6-2/h1,7-8,10,13,17H,6,9,11H2,2-4H3,(H,18,19). The van der Waals surface area contributed by atoms with E-state index in [9.17, 15) is 4.79 Å². The van der Waals surface area contributed by atoms with Gasteiger partial charge < -0.3 is 15.4 Å². The number of terminal acetylenes is 1. The van der Waals surface area contributed by atoms with Crippen molar-refractivity contribution in [2.75, 3.05) is 19.7 Å². The van der Waals surface area contributed by atoms with Gasteiger partial charge in [0, 0.05) is 6.04 Å². The Morgan fingerprint density at radius 2 is 2.25 bits per heavy atom. The first-order chi connectivity index (χ1) is 9.58. The number of nitrogens with one attached hydrogen (secondary N) is 2. The van der Waals surface area contributed by atoms with Gasteiger partial charge in [0.25, 0.3) is 5.91 Å². The van der Waals surface area contributed by atoms with Gasteiger partial charge in [0.15, 0.2) is 6.61 Å². The summed E-state index contributed by atoms with van der Waals surface area (Å²) in [6, 6.07) is 6.27. The maximum Gasteiger partial charge on any atom is 0.258 e. The van der Waals surface area contributed by atoms with Crippen LogP contribution in [0.3, 0.4) is 0 Å². The molecule has 2 N–H and O–H groups in total. The highest BCUT2D eigenvalue weighted by Crippen LogP contribution is 2.22. The number of hydrogen-bond acceptors (Lipinski definition) is 3. The van der Waals surface area contributed by atoms with Crippen LogP contribution < -0.4 is 15.4 Å². The second kappa shape index (κ2) is 8.23. The topological polar surface area (TPSA) is 50.4 Å². The quantitative estimate of drug-likeness (QED) is 0.745. The van der Waals surface area contributed by atoms with Gasteiger partial charge in [0.1, 0.15) is 5.75 Å². The van der Waals surface area contributed by atoms with E-state index in [1.54, 1.807) is 0 Å². The van der Waals surface area contributed by atoms with Gasteiger partial charge in [0.05, 0.1) is 6.54 Å². The number of aryl methyl sites for hydroxylation is 1. The molecule has 0 fully saturated rings. The van der Waals surface area contributed by atoms with Crippen LogP contribution in [0.2, 0.25) is 0 Å². The fourth-order valence-electron chi connectivity index (χ4n) is 1.87. The van der Waals surface area contributed by atoms with Crippen molar-refractivity contribution in [2.24, 2.45) is 0 Å². The molecule has 1 aromatic carbocycles. The van der Waals surface area contributed by atoms with Crippen molar-refractivity contribution in [3.8, 4) is 18.1 Å². The minimum atomic E-state index is -0.215. The second-order valence-corrected chi connectivity index (χ2v) is 4.57. The lowest BCUT2D eigenvalue weighted by molar-refractivity contribution is -0.122. The molecule has 0 aromatic heterocycles. The molecule has 0 aliphatic carbocycles. The molecular formula is C16H22N2O2. The molecule has 1 unspecified atom stereocenters. The second-order valence-electron chi connectivity index (χ2n) is 4.57. The van der Waals surface area contributed by atoms with Crippen LogP contribution in [0.5, 0.6) is 5.75 Å². The van der Waals surface area contributed by atoms with Gasteiger partial charge in [-0.05, 0) is 37.6 Å². The highest BCUT2D eigenvalue weighted by atomic mass is 16.5. The monoisotopic (exact) mass is 274 g/mol.